The van der Waals surface area contributed by atoms with Crippen LogP contribution in [0.15, 0.2) is 59.9 Å². The molecule has 0 atom stereocenters. The van der Waals surface area contributed by atoms with E-state index in [0.717, 1.165) is 28.1 Å². The fourth-order valence-electron chi connectivity index (χ4n) is 4.00. The fourth-order valence-corrected chi connectivity index (χ4v) is 4.80. The van der Waals surface area contributed by atoms with Crippen LogP contribution in [0.1, 0.15) is 11.1 Å². The van der Waals surface area contributed by atoms with Crippen LogP contribution in [0.25, 0.3) is 11.3 Å². The molecular formula is C25H30N6O2S. The summed E-state index contributed by atoms with van der Waals surface area (Å²) in [6.45, 7) is 6.83. The number of para-hydroxylation sites is 1. The van der Waals surface area contributed by atoms with Crippen LogP contribution in [-0.4, -0.2) is 69.8 Å². The van der Waals surface area contributed by atoms with E-state index in [1.165, 1.54) is 16.4 Å². The van der Waals surface area contributed by atoms with Gasteiger partial charge in [0.05, 0.1) is 24.2 Å². The number of anilines is 1. The molecule has 0 radical (unpaired) electrons. The highest BCUT2D eigenvalue weighted by Crippen LogP contribution is 2.23. The Balaban J connectivity index is 1.23. The van der Waals surface area contributed by atoms with Gasteiger partial charge in [0.1, 0.15) is 0 Å². The van der Waals surface area contributed by atoms with Crippen molar-refractivity contribution in [3.05, 3.63) is 65.9 Å². The zero-order valence-electron chi connectivity index (χ0n) is 19.5. The van der Waals surface area contributed by atoms with Crippen molar-refractivity contribution in [3.63, 3.8) is 0 Å². The standard InChI is InChI=1S/C25H30N6O2S/c1-18-7-6-8-19(2)24(18)28-22(32)16-29-11-13-30(14-12-29)23(33)17-34-25-27-21(15-31(25)26)20-9-4-3-5-10-20/h3-10,15H,11-14,16-17,26H2,1-2H3,(H,28,32). The van der Waals surface area contributed by atoms with Crippen LogP contribution in [0, 0.1) is 13.8 Å². The number of nitrogens with one attached hydrogen (secondary N) is 1. The highest BCUT2D eigenvalue weighted by atomic mass is 32.2. The van der Waals surface area contributed by atoms with Crippen LogP contribution >= 0.6 is 11.8 Å². The van der Waals surface area contributed by atoms with Gasteiger partial charge in [-0.05, 0) is 25.0 Å². The summed E-state index contributed by atoms with van der Waals surface area (Å²) in [4.78, 5) is 33.8. The number of benzene rings is 2. The Morgan fingerprint density at radius 3 is 2.35 bits per heavy atom. The second-order valence-corrected chi connectivity index (χ2v) is 9.39. The zero-order valence-corrected chi connectivity index (χ0v) is 20.3. The van der Waals surface area contributed by atoms with Gasteiger partial charge in [-0.1, -0.05) is 60.3 Å². The molecule has 34 heavy (non-hydrogen) atoms. The lowest BCUT2D eigenvalue weighted by molar-refractivity contribution is -0.130. The molecule has 0 spiro atoms. The summed E-state index contributed by atoms with van der Waals surface area (Å²) in [5, 5.41) is 3.64. The molecule has 0 saturated carbocycles. The number of nitrogens with two attached hydrogens (primary N) is 1. The largest absolute Gasteiger partial charge is 0.339 e. The quantitative estimate of drug-likeness (QED) is 0.400. The molecule has 2 aromatic carbocycles. The van der Waals surface area contributed by atoms with Crippen molar-refractivity contribution >= 4 is 29.3 Å². The van der Waals surface area contributed by atoms with Crippen molar-refractivity contribution in [3.8, 4) is 11.3 Å². The van der Waals surface area contributed by atoms with Gasteiger partial charge in [0.2, 0.25) is 11.8 Å². The summed E-state index contributed by atoms with van der Waals surface area (Å²) in [6.07, 6.45) is 1.77. The Labute approximate surface area is 204 Å². The van der Waals surface area contributed by atoms with Crippen LogP contribution in [0.2, 0.25) is 0 Å². The number of aromatic nitrogens is 2. The molecular weight excluding hydrogens is 448 g/mol. The molecule has 3 N–H and O–H groups in total. The van der Waals surface area contributed by atoms with Crippen molar-refractivity contribution in [2.75, 3.05) is 49.6 Å². The van der Waals surface area contributed by atoms with Gasteiger partial charge in [-0.15, -0.1) is 0 Å². The van der Waals surface area contributed by atoms with E-state index in [1.54, 1.807) is 6.20 Å². The van der Waals surface area contributed by atoms with Crippen molar-refractivity contribution in [2.45, 2.75) is 19.0 Å². The maximum atomic E-state index is 12.7. The summed E-state index contributed by atoms with van der Waals surface area (Å²) in [5.74, 6) is 6.34. The van der Waals surface area contributed by atoms with Crippen molar-refractivity contribution in [2.24, 2.45) is 0 Å². The average molecular weight is 479 g/mol. The molecule has 1 saturated heterocycles. The van der Waals surface area contributed by atoms with Crippen LogP contribution in [0.3, 0.4) is 0 Å². The molecule has 1 aromatic heterocycles. The number of aryl methyl sites for hydroxylation is 2. The minimum Gasteiger partial charge on any atom is -0.339 e. The summed E-state index contributed by atoms with van der Waals surface area (Å²) in [7, 11) is 0. The minimum atomic E-state index is -0.0308. The smallest absolute Gasteiger partial charge is 0.238 e. The molecule has 1 aliphatic rings. The highest BCUT2D eigenvalue weighted by molar-refractivity contribution is 7.99. The summed E-state index contributed by atoms with van der Waals surface area (Å²) in [6, 6.07) is 15.8. The van der Waals surface area contributed by atoms with E-state index >= 15 is 0 Å². The van der Waals surface area contributed by atoms with E-state index in [0.29, 0.717) is 37.9 Å². The number of amides is 2. The fraction of sp³-hybridized carbons (Fsp3) is 0.320. The third-order valence-electron chi connectivity index (χ3n) is 5.93. The number of thioether (sulfide) groups is 1. The van der Waals surface area contributed by atoms with Crippen LogP contribution in [-0.2, 0) is 9.59 Å². The second kappa shape index (κ2) is 10.8. The number of hydrogen-bond donors (Lipinski definition) is 2. The molecule has 1 aliphatic heterocycles. The Bertz CT molecular complexity index is 1140. The third-order valence-corrected chi connectivity index (χ3v) is 6.88. The van der Waals surface area contributed by atoms with Crippen molar-refractivity contribution in [1.29, 1.82) is 0 Å². The number of carbonyl (C=O) groups excluding carboxylic acids is 2. The highest BCUT2D eigenvalue weighted by Gasteiger charge is 2.23. The van der Waals surface area contributed by atoms with E-state index in [1.807, 2.05) is 67.3 Å². The number of rotatable bonds is 7. The molecule has 3 aromatic rings. The number of nitrogens with zero attached hydrogens (tertiary/aromatic N) is 4. The number of hydrogen-bond acceptors (Lipinski definition) is 6. The van der Waals surface area contributed by atoms with Gasteiger partial charge in [0.25, 0.3) is 0 Å². The van der Waals surface area contributed by atoms with Gasteiger partial charge >= 0.3 is 0 Å². The first-order valence-corrected chi connectivity index (χ1v) is 12.3. The van der Waals surface area contributed by atoms with Crippen LogP contribution in [0.5, 0.6) is 0 Å². The zero-order chi connectivity index (χ0) is 24.1. The van der Waals surface area contributed by atoms with Gasteiger partial charge in [-0.25, -0.2) is 9.66 Å². The van der Waals surface area contributed by atoms with E-state index in [2.05, 4.69) is 15.2 Å². The molecule has 9 heteroatoms. The lowest BCUT2D eigenvalue weighted by Crippen LogP contribution is -2.51. The van der Waals surface area contributed by atoms with Crippen molar-refractivity contribution in [1.82, 2.24) is 19.5 Å². The Hall–Kier alpha value is -3.30. The second-order valence-electron chi connectivity index (χ2n) is 8.44. The number of piperazine rings is 1. The first kappa shape index (κ1) is 23.8. The molecule has 2 heterocycles. The van der Waals surface area contributed by atoms with E-state index in [9.17, 15) is 9.59 Å². The maximum Gasteiger partial charge on any atom is 0.238 e. The third kappa shape index (κ3) is 5.78. The van der Waals surface area contributed by atoms with Gasteiger partial charge in [0.15, 0.2) is 5.16 Å². The number of imidazole rings is 1. The number of nitrogen functional groups attached to an aromatic ring is 1. The molecule has 0 unspecified atom stereocenters. The van der Waals surface area contributed by atoms with Gasteiger partial charge in [-0.2, -0.15) is 0 Å². The SMILES string of the molecule is Cc1cccc(C)c1NC(=O)CN1CCN(C(=O)CSc2nc(-c3ccccc3)cn2N)CC1. The Kier molecular flexibility index (Phi) is 7.54. The average Bonchev–Trinajstić information content (AvgIpc) is 3.21. The normalized spacial score (nSPS) is 14.2. The first-order valence-electron chi connectivity index (χ1n) is 11.3. The van der Waals surface area contributed by atoms with Crippen LogP contribution in [0.4, 0.5) is 5.69 Å². The topological polar surface area (TPSA) is 96.5 Å². The van der Waals surface area contributed by atoms with Crippen molar-refractivity contribution < 1.29 is 9.59 Å². The van der Waals surface area contributed by atoms with Gasteiger partial charge in [0, 0.05) is 37.4 Å². The lowest BCUT2D eigenvalue weighted by Gasteiger charge is -2.34. The summed E-state index contributed by atoms with van der Waals surface area (Å²) >= 11 is 1.34. The molecule has 2 amide bonds. The lowest BCUT2D eigenvalue weighted by atomic mass is 10.1. The maximum absolute atomic E-state index is 12.7. The number of carbonyl (C=O) groups is 2. The van der Waals surface area contributed by atoms with Gasteiger partial charge < -0.3 is 16.1 Å². The predicted octanol–water partition coefficient (Wildman–Crippen LogP) is 2.76. The molecule has 8 nitrogen and oxygen atoms in total. The molecule has 178 valence electrons. The first-order chi connectivity index (χ1) is 16.4. The van der Waals surface area contributed by atoms with Gasteiger partial charge in [-0.3, -0.25) is 14.5 Å². The molecule has 0 bridgehead atoms. The Morgan fingerprint density at radius 1 is 1.00 bits per heavy atom. The van der Waals surface area contributed by atoms with Crippen LogP contribution < -0.4 is 11.2 Å². The Morgan fingerprint density at radius 2 is 1.68 bits per heavy atom. The van der Waals surface area contributed by atoms with E-state index in [-0.39, 0.29) is 17.6 Å². The predicted molar refractivity (Wildman–Crippen MR) is 136 cm³/mol. The monoisotopic (exact) mass is 478 g/mol. The minimum absolute atomic E-state index is 0.0308. The molecule has 1 fully saturated rings. The molecule has 4 rings (SSSR count). The molecule has 0 aliphatic carbocycles. The van der Waals surface area contributed by atoms with E-state index in [4.69, 9.17) is 5.84 Å². The van der Waals surface area contributed by atoms with E-state index < -0.39 is 0 Å². The summed E-state index contributed by atoms with van der Waals surface area (Å²) in [5.41, 5.74) is 4.75. The summed E-state index contributed by atoms with van der Waals surface area (Å²) < 4.78 is 1.47.